The Morgan fingerprint density at radius 1 is 1.37 bits per heavy atom. The summed E-state index contributed by atoms with van der Waals surface area (Å²) < 4.78 is 15.0. The number of aromatic amines is 1. The number of carbonyl (C=O) groups is 1. The highest BCUT2D eigenvalue weighted by molar-refractivity contribution is 5.94. The van der Waals surface area contributed by atoms with Gasteiger partial charge in [0, 0.05) is 18.0 Å². The van der Waals surface area contributed by atoms with Crippen molar-refractivity contribution >= 4 is 11.6 Å². The van der Waals surface area contributed by atoms with Gasteiger partial charge < -0.3 is 16.0 Å². The number of nitrogens with two attached hydrogens (primary N) is 1. The molecule has 2 aliphatic rings. The van der Waals surface area contributed by atoms with Crippen LogP contribution >= 0.6 is 0 Å². The van der Waals surface area contributed by atoms with E-state index < -0.39 is 17.9 Å². The van der Waals surface area contributed by atoms with Crippen molar-refractivity contribution in [2.75, 3.05) is 5.32 Å². The van der Waals surface area contributed by atoms with Gasteiger partial charge in [-0.2, -0.15) is 5.10 Å². The minimum Gasteiger partial charge on any atom is -0.326 e. The average Bonchev–Trinajstić information content (AvgIpc) is 3.58. The van der Waals surface area contributed by atoms with E-state index >= 15 is 0 Å². The van der Waals surface area contributed by atoms with Crippen molar-refractivity contribution < 1.29 is 9.18 Å². The minimum absolute atomic E-state index is 0.199. The number of hydrogen-bond acceptors (Lipinski definition) is 4. The molecule has 0 aliphatic heterocycles. The Kier molecular flexibility index (Phi) is 4.59. The second-order valence-electron chi connectivity index (χ2n) is 7.75. The van der Waals surface area contributed by atoms with Crippen molar-refractivity contribution in [3.05, 3.63) is 46.4 Å². The fourth-order valence-corrected chi connectivity index (χ4v) is 3.87. The molecule has 2 heterocycles. The summed E-state index contributed by atoms with van der Waals surface area (Å²) in [5, 5.41) is 7.03. The van der Waals surface area contributed by atoms with E-state index in [1.165, 1.54) is 42.6 Å². The number of amides is 1. The van der Waals surface area contributed by atoms with Crippen LogP contribution in [-0.4, -0.2) is 26.7 Å². The minimum atomic E-state index is -0.519. The molecule has 2 saturated carbocycles. The lowest BCUT2D eigenvalue weighted by Gasteiger charge is -2.22. The van der Waals surface area contributed by atoms with E-state index in [9.17, 15) is 14.0 Å². The standard InChI is InChI=1S/C19H24FN5O2/c1-10(15-6-13(20)7-22-18(15)26)25-9-14(8-23-25)24-19(27)17(21)16(11-2-3-11)12-4-5-12/h6-12,16-17H,2-5,21H2,1H3,(H,22,26)(H,24,27). The Labute approximate surface area is 156 Å². The Morgan fingerprint density at radius 2 is 2.04 bits per heavy atom. The van der Waals surface area contributed by atoms with Crippen molar-refractivity contribution in [1.82, 2.24) is 14.8 Å². The van der Waals surface area contributed by atoms with Crippen LogP contribution in [0.25, 0.3) is 0 Å². The van der Waals surface area contributed by atoms with Gasteiger partial charge in [0.25, 0.3) is 5.56 Å². The van der Waals surface area contributed by atoms with Gasteiger partial charge in [-0.1, -0.05) is 0 Å². The molecule has 2 aromatic rings. The van der Waals surface area contributed by atoms with E-state index in [2.05, 4.69) is 15.4 Å². The number of nitrogens with one attached hydrogen (secondary N) is 2. The topological polar surface area (TPSA) is 106 Å². The molecule has 2 unspecified atom stereocenters. The molecule has 7 nitrogen and oxygen atoms in total. The van der Waals surface area contributed by atoms with E-state index in [1.54, 1.807) is 13.1 Å². The molecule has 1 amide bonds. The number of nitrogens with zero attached hydrogens (tertiary/aromatic N) is 2. The molecule has 0 radical (unpaired) electrons. The highest BCUT2D eigenvalue weighted by atomic mass is 19.1. The van der Waals surface area contributed by atoms with Crippen LogP contribution in [0.3, 0.4) is 0 Å². The Bertz CT molecular complexity index is 888. The summed E-state index contributed by atoms with van der Waals surface area (Å²) in [5.74, 6) is 0.718. The Balaban J connectivity index is 1.45. The van der Waals surface area contributed by atoms with Crippen molar-refractivity contribution in [2.24, 2.45) is 23.5 Å². The van der Waals surface area contributed by atoms with E-state index in [-0.39, 0.29) is 22.9 Å². The second-order valence-corrected chi connectivity index (χ2v) is 7.75. The molecule has 2 atom stereocenters. The van der Waals surface area contributed by atoms with Crippen LogP contribution in [0.5, 0.6) is 0 Å². The first-order valence-corrected chi connectivity index (χ1v) is 9.42. The molecule has 4 N–H and O–H groups in total. The number of aromatic nitrogens is 3. The van der Waals surface area contributed by atoms with E-state index in [0.717, 1.165) is 6.20 Å². The molecule has 2 aromatic heterocycles. The molecular formula is C19H24FN5O2. The molecule has 144 valence electrons. The molecule has 4 rings (SSSR count). The van der Waals surface area contributed by atoms with Crippen LogP contribution in [0.1, 0.15) is 44.2 Å². The van der Waals surface area contributed by atoms with Crippen molar-refractivity contribution in [3.63, 3.8) is 0 Å². The molecule has 8 heteroatoms. The van der Waals surface area contributed by atoms with Gasteiger partial charge in [0.2, 0.25) is 5.91 Å². The molecule has 0 spiro atoms. The lowest BCUT2D eigenvalue weighted by molar-refractivity contribution is -0.118. The smallest absolute Gasteiger partial charge is 0.253 e. The molecule has 27 heavy (non-hydrogen) atoms. The largest absolute Gasteiger partial charge is 0.326 e. The van der Waals surface area contributed by atoms with Crippen molar-refractivity contribution in [2.45, 2.75) is 44.7 Å². The van der Waals surface area contributed by atoms with Crippen LogP contribution in [0.4, 0.5) is 10.1 Å². The summed E-state index contributed by atoms with van der Waals surface area (Å²) in [6, 6.07) is 0.196. The Morgan fingerprint density at radius 3 is 2.67 bits per heavy atom. The third-order valence-corrected chi connectivity index (χ3v) is 5.66. The number of rotatable bonds is 7. The van der Waals surface area contributed by atoms with Crippen LogP contribution in [0.15, 0.2) is 29.5 Å². The maximum absolute atomic E-state index is 13.4. The zero-order valence-electron chi connectivity index (χ0n) is 15.2. The van der Waals surface area contributed by atoms with Crippen molar-refractivity contribution in [3.8, 4) is 0 Å². The molecule has 0 aromatic carbocycles. The van der Waals surface area contributed by atoms with Gasteiger partial charge in [0.1, 0.15) is 5.82 Å². The molecule has 0 bridgehead atoms. The molecule has 0 saturated heterocycles. The lowest BCUT2D eigenvalue weighted by Crippen LogP contribution is -2.43. The number of carbonyl (C=O) groups excluding carboxylic acids is 1. The van der Waals surface area contributed by atoms with Crippen LogP contribution < -0.4 is 16.6 Å². The summed E-state index contributed by atoms with van der Waals surface area (Å²) in [5.41, 5.74) is 6.66. The van der Waals surface area contributed by atoms with Gasteiger partial charge in [-0.3, -0.25) is 14.3 Å². The first-order valence-electron chi connectivity index (χ1n) is 9.42. The summed E-state index contributed by atoms with van der Waals surface area (Å²) in [4.78, 5) is 26.9. The number of H-pyrrole nitrogens is 1. The third kappa shape index (κ3) is 3.80. The third-order valence-electron chi connectivity index (χ3n) is 5.66. The molecular weight excluding hydrogens is 349 g/mol. The first kappa shape index (κ1) is 17.9. The van der Waals surface area contributed by atoms with Gasteiger partial charge >= 0.3 is 0 Å². The normalized spacial score (nSPS) is 19.1. The summed E-state index contributed by atoms with van der Waals surface area (Å²) in [6.45, 7) is 1.74. The highest BCUT2D eigenvalue weighted by Gasteiger charge is 2.46. The lowest BCUT2D eigenvalue weighted by atomic mass is 9.89. The van der Waals surface area contributed by atoms with E-state index in [1.807, 2.05) is 0 Å². The number of hydrogen-bond donors (Lipinski definition) is 3. The molecule has 2 aliphatic carbocycles. The van der Waals surface area contributed by atoms with Crippen LogP contribution in [0, 0.1) is 23.6 Å². The SMILES string of the molecule is CC(c1cc(F)c[nH]c1=O)n1cc(NC(=O)C(N)C(C2CC2)C2CC2)cn1. The summed E-state index contributed by atoms with van der Waals surface area (Å²) >= 11 is 0. The second kappa shape index (κ2) is 6.92. The fourth-order valence-electron chi connectivity index (χ4n) is 3.87. The summed E-state index contributed by atoms with van der Waals surface area (Å²) in [7, 11) is 0. The zero-order chi connectivity index (χ0) is 19.1. The first-order chi connectivity index (χ1) is 12.9. The van der Waals surface area contributed by atoms with Gasteiger partial charge in [-0.25, -0.2) is 4.39 Å². The average molecular weight is 373 g/mol. The monoisotopic (exact) mass is 373 g/mol. The van der Waals surface area contributed by atoms with Gasteiger partial charge in [0.05, 0.1) is 24.0 Å². The maximum Gasteiger partial charge on any atom is 0.253 e. The quantitative estimate of drug-likeness (QED) is 0.690. The van der Waals surface area contributed by atoms with Gasteiger partial charge in [0.15, 0.2) is 0 Å². The van der Waals surface area contributed by atoms with Crippen molar-refractivity contribution in [1.29, 1.82) is 0 Å². The maximum atomic E-state index is 13.4. The van der Waals surface area contributed by atoms with E-state index in [0.29, 0.717) is 17.5 Å². The summed E-state index contributed by atoms with van der Waals surface area (Å²) in [6.07, 6.45) is 8.82. The van der Waals surface area contributed by atoms with Crippen LogP contribution in [-0.2, 0) is 4.79 Å². The zero-order valence-corrected chi connectivity index (χ0v) is 15.2. The Hall–Kier alpha value is -2.48. The van der Waals surface area contributed by atoms with Gasteiger partial charge in [-0.05, 0) is 56.4 Å². The number of pyridine rings is 1. The number of halogens is 1. The predicted molar refractivity (Wildman–Crippen MR) is 98.6 cm³/mol. The number of anilines is 1. The fraction of sp³-hybridized carbons (Fsp3) is 0.526. The van der Waals surface area contributed by atoms with Crippen LogP contribution in [0.2, 0.25) is 0 Å². The van der Waals surface area contributed by atoms with Gasteiger partial charge in [-0.15, -0.1) is 0 Å². The van der Waals surface area contributed by atoms with E-state index in [4.69, 9.17) is 5.73 Å². The molecule has 2 fully saturated rings. The predicted octanol–water partition coefficient (Wildman–Crippen LogP) is 2.02. The highest BCUT2D eigenvalue weighted by Crippen LogP contribution is 2.50.